The van der Waals surface area contributed by atoms with Gasteiger partial charge in [0.1, 0.15) is 6.54 Å². The maximum Gasteiger partial charge on any atom is 0.254 e. The molecule has 142 valence electrons. The number of carbonyl (C=O) groups excluding carboxylic acids is 2. The molecule has 0 bridgehead atoms. The fourth-order valence-electron chi connectivity index (χ4n) is 2.84. The Morgan fingerprint density at radius 3 is 2.69 bits per heavy atom. The van der Waals surface area contributed by atoms with E-state index in [4.69, 9.17) is 0 Å². The predicted octanol–water partition coefficient (Wildman–Crippen LogP) is 3.91. The summed E-state index contributed by atoms with van der Waals surface area (Å²) in [6, 6.07) is 7.94. The molecule has 0 fully saturated rings. The van der Waals surface area contributed by atoms with Crippen molar-refractivity contribution in [2.24, 2.45) is 4.99 Å². The van der Waals surface area contributed by atoms with Crippen molar-refractivity contribution >= 4 is 34.4 Å². The molecule has 0 saturated heterocycles. The number of carbonyl (C=O) groups is 2. The number of aryl methyl sites for hydroxylation is 1. The second kappa shape index (κ2) is 10.4. The van der Waals surface area contributed by atoms with Crippen molar-refractivity contribution in [1.82, 2.24) is 5.32 Å². The van der Waals surface area contributed by atoms with Crippen LogP contribution >= 0.6 is 11.8 Å². The maximum atomic E-state index is 12.2. The molecule has 0 spiro atoms. The van der Waals surface area contributed by atoms with E-state index in [1.54, 1.807) is 4.90 Å². The Morgan fingerprint density at radius 1 is 1.27 bits per heavy atom. The van der Waals surface area contributed by atoms with E-state index in [0.717, 1.165) is 24.1 Å². The summed E-state index contributed by atoms with van der Waals surface area (Å²) >= 11 is 1.32. The summed E-state index contributed by atoms with van der Waals surface area (Å²) in [6.07, 6.45) is 5.83. The van der Waals surface area contributed by atoms with Crippen molar-refractivity contribution in [3.05, 3.63) is 29.8 Å². The second-order valence-corrected chi connectivity index (χ2v) is 7.71. The smallest absolute Gasteiger partial charge is 0.254 e. The minimum Gasteiger partial charge on any atom is -0.353 e. The number of hydrogen-bond acceptors (Lipinski definition) is 4. The largest absolute Gasteiger partial charge is 0.353 e. The average molecular weight is 376 g/mol. The van der Waals surface area contributed by atoms with Gasteiger partial charge < -0.3 is 5.32 Å². The van der Waals surface area contributed by atoms with Crippen LogP contribution in [0.2, 0.25) is 0 Å². The molecular weight excluding hydrogens is 346 g/mol. The zero-order chi connectivity index (χ0) is 18.9. The molecule has 0 unspecified atom stereocenters. The van der Waals surface area contributed by atoms with Crippen LogP contribution in [0.3, 0.4) is 0 Å². The second-order valence-electron chi connectivity index (χ2n) is 6.77. The summed E-state index contributed by atoms with van der Waals surface area (Å²) in [7, 11) is 0. The molecule has 1 aliphatic rings. The first-order valence-corrected chi connectivity index (χ1v) is 10.4. The molecule has 26 heavy (non-hydrogen) atoms. The lowest BCUT2D eigenvalue weighted by Crippen LogP contribution is -2.35. The van der Waals surface area contributed by atoms with E-state index in [1.807, 2.05) is 38.1 Å². The number of amides is 2. The number of rotatable bonds is 9. The van der Waals surface area contributed by atoms with Gasteiger partial charge in [0.15, 0.2) is 5.17 Å². The van der Waals surface area contributed by atoms with Gasteiger partial charge in [-0.2, -0.15) is 0 Å². The van der Waals surface area contributed by atoms with Crippen LogP contribution in [-0.2, 0) is 9.59 Å². The monoisotopic (exact) mass is 375 g/mol. The number of benzene rings is 1. The lowest BCUT2D eigenvalue weighted by molar-refractivity contribution is -0.119. The zero-order valence-electron chi connectivity index (χ0n) is 16.0. The number of nitrogens with zero attached hydrogens (tertiary/aromatic N) is 2. The third kappa shape index (κ3) is 6.16. The number of amidine groups is 1. The molecule has 0 saturated carbocycles. The summed E-state index contributed by atoms with van der Waals surface area (Å²) < 4.78 is 0. The predicted molar refractivity (Wildman–Crippen MR) is 110 cm³/mol. The highest BCUT2D eigenvalue weighted by Gasteiger charge is 2.27. The Labute approximate surface area is 160 Å². The van der Waals surface area contributed by atoms with E-state index in [1.165, 1.54) is 31.0 Å². The summed E-state index contributed by atoms with van der Waals surface area (Å²) in [5.74, 6) is 0.207. The molecule has 6 heteroatoms. The van der Waals surface area contributed by atoms with Crippen molar-refractivity contribution < 1.29 is 9.59 Å². The van der Waals surface area contributed by atoms with Crippen molar-refractivity contribution in [3.63, 3.8) is 0 Å². The summed E-state index contributed by atoms with van der Waals surface area (Å²) in [4.78, 5) is 30.2. The maximum absolute atomic E-state index is 12.2. The van der Waals surface area contributed by atoms with Crippen LogP contribution < -0.4 is 10.2 Å². The molecule has 0 radical (unpaired) electrons. The molecule has 1 atom stereocenters. The van der Waals surface area contributed by atoms with Gasteiger partial charge in [-0.05, 0) is 32.4 Å². The molecule has 2 amide bonds. The molecule has 1 N–H and O–H groups in total. The van der Waals surface area contributed by atoms with E-state index in [-0.39, 0.29) is 30.2 Å². The van der Waals surface area contributed by atoms with Gasteiger partial charge in [-0.25, -0.2) is 0 Å². The van der Waals surface area contributed by atoms with Crippen molar-refractivity contribution in [3.8, 4) is 0 Å². The highest BCUT2D eigenvalue weighted by molar-refractivity contribution is 8.14. The Morgan fingerprint density at radius 2 is 2.00 bits per heavy atom. The van der Waals surface area contributed by atoms with Gasteiger partial charge in [0, 0.05) is 6.04 Å². The average Bonchev–Trinajstić information content (AvgIpc) is 2.98. The van der Waals surface area contributed by atoms with Crippen LogP contribution in [0.5, 0.6) is 0 Å². The summed E-state index contributed by atoms with van der Waals surface area (Å²) in [5.41, 5.74) is 1.94. The molecule has 0 aromatic heterocycles. The topological polar surface area (TPSA) is 61.8 Å². The highest BCUT2D eigenvalue weighted by atomic mass is 32.2. The summed E-state index contributed by atoms with van der Waals surface area (Å²) in [5, 5.41) is 3.64. The van der Waals surface area contributed by atoms with Crippen LogP contribution in [0.1, 0.15) is 51.5 Å². The normalized spacial score (nSPS) is 15.1. The minimum atomic E-state index is -0.0546. The number of thioether (sulfide) groups is 1. The van der Waals surface area contributed by atoms with Gasteiger partial charge in [0.2, 0.25) is 5.91 Å². The van der Waals surface area contributed by atoms with E-state index >= 15 is 0 Å². The summed E-state index contributed by atoms with van der Waals surface area (Å²) in [6.45, 7) is 6.39. The molecule has 1 aromatic carbocycles. The first-order chi connectivity index (χ1) is 12.5. The molecule has 2 rings (SSSR count). The third-order valence-corrected chi connectivity index (χ3v) is 5.29. The fourth-order valence-corrected chi connectivity index (χ4v) is 3.67. The van der Waals surface area contributed by atoms with Crippen LogP contribution in [0.15, 0.2) is 29.3 Å². The fraction of sp³-hybridized carbons (Fsp3) is 0.550. The van der Waals surface area contributed by atoms with Crippen LogP contribution in [0.25, 0.3) is 0 Å². The Kier molecular flexibility index (Phi) is 8.16. The van der Waals surface area contributed by atoms with Crippen LogP contribution in [0.4, 0.5) is 5.69 Å². The van der Waals surface area contributed by atoms with Gasteiger partial charge >= 0.3 is 0 Å². The first kappa shape index (κ1) is 20.5. The number of anilines is 1. The highest BCUT2D eigenvalue weighted by Crippen LogP contribution is 2.24. The van der Waals surface area contributed by atoms with E-state index < -0.39 is 0 Å². The molecule has 0 aliphatic carbocycles. The van der Waals surface area contributed by atoms with Crippen molar-refractivity contribution in [2.45, 2.75) is 58.9 Å². The van der Waals surface area contributed by atoms with E-state index in [2.05, 4.69) is 17.2 Å². The third-order valence-electron chi connectivity index (χ3n) is 4.31. The van der Waals surface area contributed by atoms with E-state index in [0.29, 0.717) is 5.17 Å². The lowest BCUT2D eigenvalue weighted by atomic mass is 10.1. The van der Waals surface area contributed by atoms with Gasteiger partial charge in [0.25, 0.3) is 5.91 Å². The first-order valence-electron chi connectivity index (χ1n) is 9.37. The van der Waals surface area contributed by atoms with Gasteiger partial charge in [-0.15, -0.1) is 0 Å². The molecule has 5 nitrogen and oxygen atoms in total. The van der Waals surface area contributed by atoms with Crippen molar-refractivity contribution in [2.75, 3.05) is 17.2 Å². The van der Waals surface area contributed by atoms with E-state index in [9.17, 15) is 9.59 Å². The van der Waals surface area contributed by atoms with Crippen LogP contribution in [0, 0.1) is 6.92 Å². The van der Waals surface area contributed by atoms with Gasteiger partial charge in [0.05, 0.1) is 11.4 Å². The molecule has 1 aliphatic heterocycles. The minimum absolute atomic E-state index is 0.0103. The molecular formula is C20H29N3O2S. The Balaban J connectivity index is 1.81. The molecule has 1 aromatic rings. The van der Waals surface area contributed by atoms with Gasteiger partial charge in [-0.1, -0.05) is 62.1 Å². The number of hydrogen-bond donors (Lipinski definition) is 1. The lowest BCUT2D eigenvalue weighted by Gasteiger charge is -2.18. The Hall–Kier alpha value is -1.82. The number of unbranched alkanes of at least 4 members (excludes halogenated alkanes) is 3. The number of nitrogens with one attached hydrogen (secondary N) is 1. The zero-order valence-corrected chi connectivity index (χ0v) is 16.8. The quantitative estimate of drug-likeness (QED) is 0.666. The Bertz CT molecular complexity index is 643. The van der Waals surface area contributed by atoms with Crippen LogP contribution in [-0.4, -0.2) is 35.3 Å². The standard InChI is InChI=1S/C20H29N3O2S/c1-4-5-6-7-8-16(3)22-18(24)14-26-20-21-13-19(25)23(20)17-11-9-15(2)10-12-17/h9-12,16H,4-8,13-14H2,1-3H3,(H,22,24)/t16-/m1/s1. The number of aliphatic imine (C=N–C) groups is 1. The van der Waals surface area contributed by atoms with Crippen molar-refractivity contribution in [1.29, 1.82) is 0 Å². The van der Waals surface area contributed by atoms with Gasteiger partial charge in [-0.3, -0.25) is 19.5 Å². The molecule has 1 heterocycles. The SMILES string of the molecule is CCCCCC[C@@H](C)NC(=O)CSC1=NCC(=O)N1c1ccc(C)cc1.